The number of non-ortho nitro benzene ring substituents is 1. The van der Waals surface area contributed by atoms with Crippen molar-refractivity contribution in [1.29, 1.82) is 0 Å². The number of hydrogen-bond donors (Lipinski definition) is 1. The fourth-order valence-electron chi connectivity index (χ4n) is 3.45. The van der Waals surface area contributed by atoms with Gasteiger partial charge in [-0.1, -0.05) is 0 Å². The van der Waals surface area contributed by atoms with E-state index in [1.807, 2.05) is 18.2 Å². The zero-order chi connectivity index (χ0) is 21.1. The number of carbonyl (C=O) groups is 1. The average molecular weight is 424 g/mol. The number of fused-ring (bicyclic) bond motifs is 1. The summed E-state index contributed by atoms with van der Waals surface area (Å²) < 4.78 is 6.27. The molecule has 0 unspecified atom stereocenters. The maximum atomic E-state index is 12.4. The third-order valence-corrected chi connectivity index (χ3v) is 6.11. The van der Waals surface area contributed by atoms with Crippen molar-refractivity contribution in [2.75, 3.05) is 25.1 Å². The van der Waals surface area contributed by atoms with Gasteiger partial charge in [0.25, 0.3) is 11.6 Å². The fraction of sp³-hybridized carbons (Fsp3) is 0.238. The number of methoxy groups -OCH3 is 1. The number of hydrazone groups is 1. The Morgan fingerprint density at radius 1 is 1.23 bits per heavy atom. The second-order valence-corrected chi connectivity index (χ2v) is 7.99. The summed E-state index contributed by atoms with van der Waals surface area (Å²) in [6.07, 6.45) is 3.94. The Balaban J connectivity index is 1.46. The van der Waals surface area contributed by atoms with E-state index in [0.29, 0.717) is 16.0 Å². The van der Waals surface area contributed by atoms with E-state index in [1.165, 1.54) is 36.3 Å². The maximum Gasteiger partial charge on any atom is 0.281 e. The Kier molecular flexibility index (Phi) is 5.62. The smallest absolute Gasteiger partial charge is 0.281 e. The molecular weight excluding hydrogens is 404 g/mol. The van der Waals surface area contributed by atoms with Crippen LogP contribution < -0.4 is 15.1 Å². The van der Waals surface area contributed by atoms with Crippen molar-refractivity contribution in [3.8, 4) is 5.75 Å². The minimum atomic E-state index is -0.455. The van der Waals surface area contributed by atoms with Gasteiger partial charge in [-0.2, -0.15) is 5.10 Å². The quantitative estimate of drug-likeness (QED) is 0.364. The van der Waals surface area contributed by atoms with Crippen molar-refractivity contribution in [2.24, 2.45) is 5.10 Å². The minimum absolute atomic E-state index is 0.00486. The molecule has 0 spiro atoms. The summed E-state index contributed by atoms with van der Waals surface area (Å²) in [7, 11) is 1.61. The van der Waals surface area contributed by atoms with Crippen LogP contribution in [0.4, 0.5) is 11.4 Å². The summed E-state index contributed by atoms with van der Waals surface area (Å²) in [4.78, 5) is 25.6. The molecule has 1 saturated heterocycles. The molecule has 0 atom stereocenters. The summed E-state index contributed by atoms with van der Waals surface area (Å²) in [6.45, 7) is 2.09. The molecule has 9 heteroatoms. The molecule has 154 valence electrons. The van der Waals surface area contributed by atoms with Crippen molar-refractivity contribution in [3.63, 3.8) is 0 Å². The standard InChI is InChI=1S/C21H20N4O4S/c1-29-18-12-16(24-8-2-3-9-24)5-4-14(18)13-22-23-21(26)20-11-15-10-17(25(27)28)6-7-19(15)30-20/h4-7,10-13H,2-3,8-9H2,1H3,(H,23,26)/b22-13-. The summed E-state index contributed by atoms with van der Waals surface area (Å²) in [6, 6.07) is 12.1. The molecule has 1 amide bonds. The second kappa shape index (κ2) is 8.50. The third-order valence-electron chi connectivity index (χ3n) is 4.99. The molecule has 3 aromatic rings. The molecule has 0 saturated carbocycles. The van der Waals surface area contributed by atoms with E-state index in [1.54, 1.807) is 25.5 Å². The van der Waals surface area contributed by atoms with Crippen LogP contribution in [0.25, 0.3) is 10.1 Å². The van der Waals surface area contributed by atoms with E-state index >= 15 is 0 Å². The number of amides is 1. The van der Waals surface area contributed by atoms with Gasteiger partial charge < -0.3 is 9.64 Å². The largest absolute Gasteiger partial charge is 0.496 e. The molecule has 4 rings (SSSR count). The number of nitrogens with zero attached hydrogens (tertiary/aromatic N) is 3. The molecule has 2 heterocycles. The molecule has 1 aliphatic heterocycles. The third kappa shape index (κ3) is 4.11. The number of ether oxygens (including phenoxy) is 1. The molecule has 2 aromatic carbocycles. The summed E-state index contributed by atoms with van der Waals surface area (Å²) in [5, 5.41) is 15.6. The van der Waals surface area contributed by atoms with E-state index in [2.05, 4.69) is 15.4 Å². The van der Waals surface area contributed by atoms with Crippen LogP contribution in [0, 0.1) is 10.1 Å². The van der Waals surface area contributed by atoms with Gasteiger partial charge in [0.15, 0.2) is 0 Å². The van der Waals surface area contributed by atoms with E-state index in [-0.39, 0.29) is 11.6 Å². The van der Waals surface area contributed by atoms with E-state index in [9.17, 15) is 14.9 Å². The van der Waals surface area contributed by atoms with Gasteiger partial charge in [0.05, 0.1) is 23.1 Å². The Morgan fingerprint density at radius 3 is 2.77 bits per heavy atom. The van der Waals surface area contributed by atoms with Gasteiger partial charge in [-0.05, 0) is 37.1 Å². The molecule has 1 aliphatic rings. The van der Waals surface area contributed by atoms with Crippen molar-refractivity contribution in [1.82, 2.24) is 5.43 Å². The first kappa shape index (κ1) is 19.8. The van der Waals surface area contributed by atoms with Crippen LogP contribution in [0.3, 0.4) is 0 Å². The zero-order valence-corrected chi connectivity index (χ0v) is 17.1. The number of hydrogen-bond acceptors (Lipinski definition) is 7. The average Bonchev–Trinajstić information content (AvgIpc) is 3.43. The summed E-state index contributed by atoms with van der Waals surface area (Å²) >= 11 is 1.26. The number of anilines is 1. The Labute approximate surface area is 176 Å². The number of nitrogens with one attached hydrogen (secondary N) is 1. The molecule has 1 aromatic heterocycles. The number of nitro groups is 1. The van der Waals surface area contributed by atoms with Gasteiger partial charge in [-0.3, -0.25) is 14.9 Å². The van der Waals surface area contributed by atoms with E-state index < -0.39 is 4.92 Å². The molecular formula is C21H20N4O4S. The molecule has 1 N–H and O–H groups in total. The topological polar surface area (TPSA) is 97.1 Å². The van der Waals surface area contributed by atoms with Crippen LogP contribution in [-0.4, -0.2) is 37.2 Å². The van der Waals surface area contributed by atoms with Crippen LogP contribution in [0.1, 0.15) is 28.1 Å². The number of benzene rings is 2. The van der Waals surface area contributed by atoms with Gasteiger partial charge in [-0.15, -0.1) is 11.3 Å². The van der Waals surface area contributed by atoms with Gasteiger partial charge in [0.2, 0.25) is 0 Å². The van der Waals surface area contributed by atoms with Gasteiger partial charge in [-0.25, -0.2) is 5.43 Å². The highest BCUT2D eigenvalue weighted by Crippen LogP contribution is 2.29. The highest BCUT2D eigenvalue weighted by atomic mass is 32.1. The first-order valence-electron chi connectivity index (χ1n) is 9.49. The first-order valence-corrected chi connectivity index (χ1v) is 10.3. The van der Waals surface area contributed by atoms with E-state index in [4.69, 9.17) is 4.74 Å². The summed E-state index contributed by atoms with van der Waals surface area (Å²) in [5.74, 6) is 0.314. The highest BCUT2D eigenvalue weighted by Gasteiger charge is 2.15. The van der Waals surface area contributed by atoms with Crippen molar-refractivity contribution in [3.05, 3.63) is 63.0 Å². The lowest BCUT2D eigenvalue weighted by Crippen LogP contribution is -2.18. The molecule has 0 radical (unpaired) electrons. The second-order valence-electron chi connectivity index (χ2n) is 6.91. The number of rotatable bonds is 6. The molecule has 30 heavy (non-hydrogen) atoms. The zero-order valence-electron chi connectivity index (χ0n) is 16.3. The van der Waals surface area contributed by atoms with Crippen LogP contribution in [-0.2, 0) is 0 Å². The van der Waals surface area contributed by atoms with Crippen LogP contribution in [0.2, 0.25) is 0 Å². The van der Waals surface area contributed by atoms with Crippen LogP contribution in [0.15, 0.2) is 47.6 Å². The molecule has 8 nitrogen and oxygen atoms in total. The van der Waals surface area contributed by atoms with Crippen molar-refractivity contribution < 1.29 is 14.5 Å². The van der Waals surface area contributed by atoms with E-state index in [0.717, 1.165) is 29.0 Å². The summed E-state index contributed by atoms with van der Waals surface area (Å²) in [5.41, 5.74) is 4.38. The molecule has 1 fully saturated rings. The van der Waals surface area contributed by atoms with Gasteiger partial charge in [0.1, 0.15) is 5.75 Å². The van der Waals surface area contributed by atoms with Gasteiger partial charge in [0, 0.05) is 52.6 Å². The van der Waals surface area contributed by atoms with Crippen LogP contribution >= 0.6 is 11.3 Å². The molecule has 0 bridgehead atoms. The predicted molar refractivity (Wildman–Crippen MR) is 118 cm³/mol. The van der Waals surface area contributed by atoms with Crippen molar-refractivity contribution >= 4 is 44.9 Å². The fourth-order valence-corrected chi connectivity index (χ4v) is 4.38. The number of nitro benzene ring substituents is 1. The minimum Gasteiger partial charge on any atom is -0.496 e. The van der Waals surface area contributed by atoms with Crippen molar-refractivity contribution in [2.45, 2.75) is 12.8 Å². The molecule has 0 aliphatic carbocycles. The SMILES string of the molecule is COc1cc(N2CCCC2)ccc1/C=N\NC(=O)c1cc2cc([N+](=O)[O-])ccc2s1. The Hall–Kier alpha value is -3.46. The lowest BCUT2D eigenvalue weighted by atomic mass is 10.2. The number of carbonyl (C=O) groups excluding carboxylic acids is 1. The lowest BCUT2D eigenvalue weighted by molar-refractivity contribution is -0.384. The Bertz CT molecular complexity index is 1140. The lowest BCUT2D eigenvalue weighted by Gasteiger charge is -2.18. The number of thiophene rings is 1. The normalized spacial score (nSPS) is 13.8. The first-order chi connectivity index (χ1) is 14.5. The van der Waals surface area contributed by atoms with Crippen LogP contribution in [0.5, 0.6) is 5.75 Å². The Morgan fingerprint density at radius 2 is 2.03 bits per heavy atom. The highest BCUT2D eigenvalue weighted by molar-refractivity contribution is 7.20. The maximum absolute atomic E-state index is 12.4. The predicted octanol–water partition coefficient (Wildman–Crippen LogP) is 4.18. The monoisotopic (exact) mass is 424 g/mol. The van der Waals surface area contributed by atoms with Gasteiger partial charge >= 0.3 is 0 Å².